The lowest BCUT2D eigenvalue weighted by Gasteiger charge is -2.10. The Balaban J connectivity index is 3.09. The van der Waals surface area contributed by atoms with E-state index in [0.29, 0.717) is 17.5 Å². The summed E-state index contributed by atoms with van der Waals surface area (Å²) in [6.45, 7) is 4.08. The van der Waals surface area contributed by atoms with Crippen molar-refractivity contribution in [2.45, 2.75) is 25.6 Å². The second kappa shape index (κ2) is 6.41. The standard InChI is InChI=1S/C13H14BrNO2/c1-3-17-13(16)6-10-5-4-9(2)11(7-14)12(10)8-15/h4-5H,3,6-7H2,1-2H3. The van der Waals surface area contributed by atoms with Crippen molar-refractivity contribution in [3.63, 3.8) is 0 Å². The summed E-state index contributed by atoms with van der Waals surface area (Å²) in [5, 5.41) is 9.78. The zero-order chi connectivity index (χ0) is 12.8. The van der Waals surface area contributed by atoms with Crippen LogP contribution in [0.15, 0.2) is 12.1 Å². The third-order valence-electron chi connectivity index (χ3n) is 2.52. The zero-order valence-corrected chi connectivity index (χ0v) is 11.5. The van der Waals surface area contributed by atoms with Crippen molar-refractivity contribution in [2.24, 2.45) is 0 Å². The lowest BCUT2D eigenvalue weighted by Crippen LogP contribution is -2.10. The van der Waals surface area contributed by atoms with Crippen molar-refractivity contribution < 1.29 is 9.53 Å². The van der Waals surface area contributed by atoms with Crippen LogP contribution in [0.2, 0.25) is 0 Å². The van der Waals surface area contributed by atoms with E-state index in [0.717, 1.165) is 16.7 Å². The van der Waals surface area contributed by atoms with Gasteiger partial charge in [0.2, 0.25) is 0 Å². The van der Waals surface area contributed by atoms with Gasteiger partial charge in [0.25, 0.3) is 0 Å². The molecule has 0 atom stereocenters. The van der Waals surface area contributed by atoms with Crippen molar-refractivity contribution in [3.8, 4) is 6.07 Å². The minimum atomic E-state index is -0.298. The molecular weight excluding hydrogens is 282 g/mol. The number of nitriles is 1. The molecule has 0 radical (unpaired) electrons. The fraction of sp³-hybridized carbons (Fsp3) is 0.385. The van der Waals surface area contributed by atoms with Gasteiger partial charge in [-0.2, -0.15) is 5.26 Å². The molecule has 0 fully saturated rings. The SMILES string of the molecule is CCOC(=O)Cc1ccc(C)c(CBr)c1C#N. The predicted molar refractivity (Wildman–Crippen MR) is 68.9 cm³/mol. The average Bonchev–Trinajstić information content (AvgIpc) is 2.31. The first-order chi connectivity index (χ1) is 8.13. The van der Waals surface area contributed by atoms with Gasteiger partial charge in [-0.3, -0.25) is 4.79 Å². The molecule has 0 aliphatic heterocycles. The van der Waals surface area contributed by atoms with E-state index >= 15 is 0 Å². The van der Waals surface area contributed by atoms with Crippen molar-refractivity contribution in [1.29, 1.82) is 5.26 Å². The molecule has 0 aliphatic rings. The maximum atomic E-state index is 11.4. The molecule has 4 heteroatoms. The van der Waals surface area contributed by atoms with E-state index in [-0.39, 0.29) is 12.4 Å². The Bertz CT molecular complexity index is 463. The van der Waals surface area contributed by atoms with Gasteiger partial charge in [0.15, 0.2) is 0 Å². The lowest BCUT2D eigenvalue weighted by atomic mass is 9.97. The van der Waals surface area contributed by atoms with E-state index in [1.165, 1.54) is 0 Å². The van der Waals surface area contributed by atoms with Crippen LogP contribution >= 0.6 is 15.9 Å². The Morgan fingerprint density at radius 1 is 1.53 bits per heavy atom. The quantitative estimate of drug-likeness (QED) is 0.634. The van der Waals surface area contributed by atoms with Crippen LogP contribution < -0.4 is 0 Å². The topological polar surface area (TPSA) is 50.1 Å². The van der Waals surface area contributed by atoms with Crippen LogP contribution in [0.3, 0.4) is 0 Å². The third kappa shape index (κ3) is 3.31. The highest BCUT2D eigenvalue weighted by Gasteiger charge is 2.13. The Hall–Kier alpha value is -1.34. The highest BCUT2D eigenvalue weighted by atomic mass is 79.9. The van der Waals surface area contributed by atoms with Gasteiger partial charge >= 0.3 is 5.97 Å². The molecule has 1 aromatic rings. The summed E-state index contributed by atoms with van der Waals surface area (Å²) in [6.07, 6.45) is 0.150. The molecule has 0 spiro atoms. The second-order valence-electron chi connectivity index (χ2n) is 3.62. The molecule has 0 amide bonds. The maximum Gasteiger partial charge on any atom is 0.310 e. The van der Waals surface area contributed by atoms with Gasteiger partial charge in [-0.15, -0.1) is 0 Å². The van der Waals surface area contributed by atoms with Gasteiger partial charge in [0.05, 0.1) is 24.7 Å². The van der Waals surface area contributed by atoms with Crippen molar-refractivity contribution in [1.82, 2.24) is 0 Å². The Labute approximate surface area is 110 Å². The van der Waals surface area contributed by atoms with Gasteiger partial charge in [-0.1, -0.05) is 28.1 Å². The highest BCUT2D eigenvalue weighted by Crippen LogP contribution is 2.21. The van der Waals surface area contributed by atoms with E-state index < -0.39 is 0 Å². The van der Waals surface area contributed by atoms with E-state index in [4.69, 9.17) is 4.74 Å². The van der Waals surface area contributed by atoms with Crippen LogP contribution in [0.5, 0.6) is 0 Å². The summed E-state index contributed by atoms with van der Waals surface area (Å²) in [5.41, 5.74) is 3.29. The van der Waals surface area contributed by atoms with Gasteiger partial charge in [0.1, 0.15) is 0 Å². The number of halogens is 1. The average molecular weight is 296 g/mol. The fourth-order valence-electron chi connectivity index (χ4n) is 1.63. The zero-order valence-electron chi connectivity index (χ0n) is 9.92. The van der Waals surface area contributed by atoms with Gasteiger partial charge in [-0.25, -0.2) is 0 Å². The summed E-state index contributed by atoms with van der Waals surface area (Å²) >= 11 is 3.36. The molecule has 90 valence electrons. The van der Waals surface area contributed by atoms with Crippen LogP contribution in [-0.4, -0.2) is 12.6 Å². The number of benzene rings is 1. The summed E-state index contributed by atoms with van der Waals surface area (Å²) < 4.78 is 4.89. The number of ether oxygens (including phenoxy) is 1. The molecule has 17 heavy (non-hydrogen) atoms. The number of carbonyl (C=O) groups is 1. The number of aryl methyl sites for hydroxylation is 1. The molecule has 1 aromatic carbocycles. The van der Waals surface area contributed by atoms with E-state index in [9.17, 15) is 10.1 Å². The first-order valence-corrected chi connectivity index (χ1v) is 6.49. The molecule has 3 nitrogen and oxygen atoms in total. The van der Waals surface area contributed by atoms with Crippen molar-refractivity contribution >= 4 is 21.9 Å². The highest BCUT2D eigenvalue weighted by molar-refractivity contribution is 9.08. The van der Waals surface area contributed by atoms with Crippen molar-refractivity contribution in [2.75, 3.05) is 6.61 Å². The number of hydrogen-bond acceptors (Lipinski definition) is 3. The van der Waals surface area contributed by atoms with Crippen LogP contribution in [0.1, 0.15) is 29.2 Å². The Morgan fingerprint density at radius 2 is 2.24 bits per heavy atom. The molecule has 0 aromatic heterocycles. The fourth-order valence-corrected chi connectivity index (χ4v) is 2.35. The largest absolute Gasteiger partial charge is 0.466 e. The third-order valence-corrected chi connectivity index (χ3v) is 3.08. The lowest BCUT2D eigenvalue weighted by molar-refractivity contribution is -0.142. The number of carbonyl (C=O) groups excluding carboxylic acids is 1. The predicted octanol–water partition coefficient (Wildman–Crippen LogP) is 2.87. The Kier molecular flexibility index (Phi) is 5.17. The first kappa shape index (κ1) is 13.7. The van der Waals surface area contributed by atoms with E-state index in [1.807, 2.05) is 19.1 Å². The first-order valence-electron chi connectivity index (χ1n) is 5.37. The number of hydrogen-bond donors (Lipinski definition) is 0. The molecule has 0 saturated carbocycles. The van der Waals surface area contributed by atoms with Crippen molar-refractivity contribution in [3.05, 3.63) is 34.4 Å². The molecular formula is C13H14BrNO2. The minimum absolute atomic E-state index is 0.150. The van der Waals surface area contributed by atoms with Crippen LogP contribution in [-0.2, 0) is 21.3 Å². The normalized spacial score (nSPS) is 9.76. The number of esters is 1. The summed E-state index contributed by atoms with van der Waals surface area (Å²) in [7, 11) is 0. The Morgan fingerprint density at radius 3 is 2.76 bits per heavy atom. The number of rotatable bonds is 4. The van der Waals surface area contributed by atoms with E-state index in [2.05, 4.69) is 22.0 Å². The molecule has 0 unspecified atom stereocenters. The van der Waals surface area contributed by atoms with Gasteiger partial charge < -0.3 is 4.74 Å². The monoisotopic (exact) mass is 295 g/mol. The molecule has 0 N–H and O–H groups in total. The van der Waals surface area contributed by atoms with Crippen LogP contribution in [0.25, 0.3) is 0 Å². The second-order valence-corrected chi connectivity index (χ2v) is 4.18. The summed E-state index contributed by atoms with van der Waals surface area (Å²) in [6, 6.07) is 5.90. The van der Waals surface area contributed by atoms with Gasteiger partial charge in [-0.05, 0) is 30.5 Å². The number of alkyl halides is 1. The summed E-state index contributed by atoms with van der Waals surface area (Å²) in [5.74, 6) is -0.298. The molecule has 0 saturated heterocycles. The maximum absolute atomic E-state index is 11.4. The smallest absolute Gasteiger partial charge is 0.310 e. The number of nitrogens with zero attached hydrogens (tertiary/aromatic N) is 1. The molecule has 0 bridgehead atoms. The van der Waals surface area contributed by atoms with Gasteiger partial charge in [0, 0.05) is 5.33 Å². The molecule has 0 aliphatic carbocycles. The molecule has 0 heterocycles. The van der Waals surface area contributed by atoms with E-state index in [1.54, 1.807) is 6.92 Å². The van der Waals surface area contributed by atoms with Crippen LogP contribution in [0.4, 0.5) is 0 Å². The van der Waals surface area contributed by atoms with Crippen LogP contribution in [0, 0.1) is 18.3 Å². The summed E-state index contributed by atoms with van der Waals surface area (Å²) in [4.78, 5) is 11.4. The minimum Gasteiger partial charge on any atom is -0.466 e. The molecule has 1 rings (SSSR count).